The van der Waals surface area contributed by atoms with E-state index in [1.165, 1.54) is 33.5 Å². The van der Waals surface area contributed by atoms with Crippen molar-refractivity contribution in [1.29, 1.82) is 0 Å². The number of ether oxygens (including phenoxy) is 1. The van der Waals surface area contributed by atoms with E-state index in [-0.39, 0.29) is 48.1 Å². The van der Waals surface area contributed by atoms with Crippen LogP contribution in [0.2, 0.25) is 0 Å². The van der Waals surface area contributed by atoms with Crippen LogP contribution in [0.1, 0.15) is 156 Å². The van der Waals surface area contributed by atoms with Gasteiger partial charge in [-0.3, -0.25) is 4.57 Å². The quantitative estimate of drug-likeness (QED) is 0.107. The molecule has 0 fully saturated rings. The van der Waals surface area contributed by atoms with Gasteiger partial charge in [-0.25, -0.2) is 4.98 Å². The van der Waals surface area contributed by atoms with Crippen LogP contribution < -0.4 is 9.30 Å². The summed E-state index contributed by atoms with van der Waals surface area (Å²) in [6.45, 7) is 36.8. The molecule has 0 aliphatic heterocycles. The predicted molar refractivity (Wildman–Crippen MR) is 294 cm³/mol. The zero-order valence-corrected chi connectivity index (χ0v) is 47.6. The van der Waals surface area contributed by atoms with Gasteiger partial charge in [-0.05, 0) is 96.3 Å². The fraction of sp³-hybridized carbons (Fsp3) is 0.333. The van der Waals surface area contributed by atoms with Crippen molar-refractivity contribution in [2.24, 2.45) is 0 Å². The van der Waals surface area contributed by atoms with Gasteiger partial charge in [-0.2, -0.15) is 12.1 Å². The molecule has 0 aliphatic carbocycles. The Hall–Kier alpha value is -6.03. The average Bonchev–Trinajstić information content (AvgIpc) is 3.90. The van der Waals surface area contributed by atoms with E-state index in [9.17, 15) is 0 Å². The third-order valence-electron chi connectivity index (χ3n) is 14.5. The fourth-order valence-electron chi connectivity index (χ4n) is 10.1. The van der Waals surface area contributed by atoms with Crippen molar-refractivity contribution in [1.82, 2.24) is 14.1 Å². The number of para-hydroxylation sites is 1. The van der Waals surface area contributed by atoms with E-state index in [1.54, 1.807) is 0 Å². The SMILES string of the molecule is CC(C)(C)c1cc(-[n+]2[c-]n(-c3[c-]c(Oc4[c-]c5c(cc4)c4ccccc4n5-c4cc(C(C)(C)C)ccn4)cc(C(C)(C)c4ccccc4)c3)c(C(C)(C)C)c2C(C)(C)C)cc(C(C)(C)c2ccccc2)c1.[Pt]. The number of hydrogen-bond donors (Lipinski definition) is 0. The Bertz CT molecular complexity index is 3420. The Kier molecular flexibility index (Phi) is 13.6. The van der Waals surface area contributed by atoms with Crippen LogP contribution in [-0.4, -0.2) is 14.1 Å². The van der Waals surface area contributed by atoms with Crippen LogP contribution in [0.5, 0.6) is 11.5 Å². The number of benzene rings is 6. The molecule has 0 N–H and O–H groups in total. The van der Waals surface area contributed by atoms with E-state index in [2.05, 4.69) is 276 Å². The number of fused-ring (bicyclic) bond motifs is 3. The molecule has 374 valence electrons. The Morgan fingerprint density at radius 3 is 1.62 bits per heavy atom. The largest absolute Gasteiger partial charge is 0.510 e. The monoisotopic (exact) mass is 1130 g/mol. The molecule has 3 aromatic heterocycles. The minimum atomic E-state index is -0.399. The second-order valence-electron chi connectivity index (χ2n) is 24.8. The van der Waals surface area contributed by atoms with E-state index in [4.69, 9.17) is 9.72 Å². The van der Waals surface area contributed by atoms with Gasteiger partial charge < -0.3 is 13.9 Å². The summed E-state index contributed by atoms with van der Waals surface area (Å²) in [5, 5.41) is 2.22. The summed E-state index contributed by atoms with van der Waals surface area (Å²) < 4.78 is 13.9. The molecular formula is C66H72N4OPt-2. The topological polar surface area (TPSA) is 35.9 Å². The number of nitrogens with zero attached hydrogens (tertiary/aromatic N) is 4. The Morgan fingerprint density at radius 1 is 0.472 bits per heavy atom. The smallest absolute Gasteiger partial charge is 0.267 e. The third-order valence-corrected chi connectivity index (χ3v) is 14.5. The molecule has 0 saturated carbocycles. The van der Waals surface area contributed by atoms with Gasteiger partial charge in [0.1, 0.15) is 5.82 Å². The van der Waals surface area contributed by atoms with Gasteiger partial charge in [0.15, 0.2) is 0 Å². The van der Waals surface area contributed by atoms with Gasteiger partial charge in [0.05, 0.1) is 17.1 Å². The molecule has 0 aliphatic rings. The predicted octanol–water partition coefficient (Wildman–Crippen LogP) is 16.3. The second-order valence-corrected chi connectivity index (χ2v) is 24.8. The van der Waals surface area contributed by atoms with Gasteiger partial charge in [0.2, 0.25) is 0 Å². The second kappa shape index (κ2) is 18.8. The van der Waals surface area contributed by atoms with Crippen molar-refractivity contribution < 1.29 is 30.4 Å². The molecule has 3 heterocycles. The summed E-state index contributed by atoms with van der Waals surface area (Å²) in [4.78, 5) is 4.93. The van der Waals surface area contributed by atoms with Crippen molar-refractivity contribution in [3.8, 4) is 28.7 Å². The molecule has 0 bridgehead atoms. The Labute approximate surface area is 444 Å². The maximum absolute atomic E-state index is 7.07. The zero-order chi connectivity index (χ0) is 51.1. The van der Waals surface area contributed by atoms with Gasteiger partial charge in [-0.15, -0.1) is 35.2 Å². The molecule has 6 heteroatoms. The van der Waals surface area contributed by atoms with E-state index >= 15 is 0 Å². The van der Waals surface area contributed by atoms with Crippen molar-refractivity contribution in [2.75, 3.05) is 0 Å². The van der Waals surface area contributed by atoms with Crippen LogP contribution in [0.3, 0.4) is 0 Å². The normalized spacial score (nSPS) is 12.9. The first kappa shape index (κ1) is 52.3. The minimum Gasteiger partial charge on any atom is -0.510 e. The maximum Gasteiger partial charge on any atom is 0.267 e. The van der Waals surface area contributed by atoms with Gasteiger partial charge in [0, 0.05) is 49.7 Å². The molecule has 0 spiro atoms. The standard InChI is InChI=1S/C66H72N4O.Pt/c1-61(2,3)46-33-34-67-58(40-46)70-56-30-24-23-29-54(56)55-32-31-52(42-57(55)70)71-53-39-49(66(15,16)45-27-21-18-22-28-45)38-51(41-53)69-43-68(59(63(7,8)9)60(69)64(10,11)12)50-36-47(62(4,5)6)35-48(37-50)65(13,14)44-25-19-17-20-26-44;/h17-40H,1-16H3;/q-2;. The molecule has 0 saturated heterocycles. The van der Waals surface area contributed by atoms with E-state index in [0.29, 0.717) is 11.5 Å². The molecule has 9 aromatic rings. The number of rotatable bonds is 9. The third kappa shape index (κ3) is 9.91. The van der Waals surface area contributed by atoms with Crippen molar-refractivity contribution >= 4 is 21.8 Å². The summed E-state index contributed by atoms with van der Waals surface area (Å²) >= 11 is 0. The molecule has 9 rings (SSSR count). The Balaban J connectivity index is 0.00000693. The van der Waals surface area contributed by atoms with Crippen molar-refractivity contribution in [3.05, 3.63) is 209 Å². The van der Waals surface area contributed by atoms with Crippen LogP contribution in [0.25, 0.3) is 39.0 Å². The number of imidazole rings is 1. The van der Waals surface area contributed by atoms with E-state index in [0.717, 1.165) is 50.3 Å². The summed E-state index contributed by atoms with van der Waals surface area (Å²) in [7, 11) is 0. The number of aromatic nitrogens is 4. The number of pyridine rings is 1. The van der Waals surface area contributed by atoms with Crippen molar-refractivity contribution in [3.63, 3.8) is 0 Å². The average molecular weight is 1130 g/mol. The van der Waals surface area contributed by atoms with Crippen LogP contribution in [-0.2, 0) is 53.6 Å². The first-order valence-electron chi connectivity index (χ1n) is 25.3. The first-order chi connectivity index (χ1) is 33.2. The Morgan fingerprint density at radius 2 is 1.04 bits per heavy atom. The van der Waals surface area contributed by atoms with Gasteiger partial charge in [0.25, 0.3) is 6.33 Å². The number of hydrogen-bond acceptors (Lipinski definition) is 2. The van der Waals surface area contributed by atoms with Gasteiger partial charge in [-0.1, -0.05) is 201 Å². The van der Waals surface area contributed by atoms with Gasteiger partial charge >= 0.3 is 0 Å². The first-order valence-corrected chi connectivity index (χ1v) is 25.3. The van der Waals surface area contributed by atoms with Crippen molar-refractivity contribution in [2.45, 2.75) is 143 Å². The molecule has 0 unspecified atom stereocenters. The summed E-state index contributed by atoms with van der Waals surface area (Å²) in [5.41, 5.74) is 12.2. The molecule has 0 radical (unpaired) electrons. The van der Waals surface area contributed by atoms with Crippen LogP contribution >= 0.6 is 0 Å². The van der Waals surface area contributed by atoms with Crippen LogP contribution in [0, 0.1) is 18.5 Å². The molecule has 0 amide bonds. The molecule has 6 aromatic carbocycles. The van der Waals surface area contributed by atoms with Crippen LogP contribution in [0.15, 0.2) is 146 Å². The zero-order valence-electron chi connectivity index (χ0n) is 45.4. The molecular weight excluding hydrogens is 1060 g/mol. The maximum atomic E-state index is 7.07. The summed E-state index contributed by atoms with van der Waals surface area (Å²) in [6, 6.07) is 57.8. The van der Waals surface area contributed by atoms with Crippen LogP contribution in [0.4, 0.5) is 0 Å². The molecule has 5 nitrogen and oxygen atoms in total. The fourth-order valence-corrected chi connectivity index (χ4v) is 10.1. The summed E-state index contributed by atoms with van der Waals surface area (Å²) in [6.07, 6.45) is 5.93. The molecule has 72 heavy (non-hydrogen) atoms. The van der Waals surface area contributed by atoms with E-state index in [1.807, 2.05) is 12.3 Å². The molecule has 0 atom stereocenters. The van der Waals surface area contributed by atoms with E-state index < -0.39 is 5.41 Å². The summed E-state index contributed by atoms with van der Waals surface area (Å²) in [5.74, 6) is 2.04. The minimum absolute atomic E-state index is 0.